The minimum absolute atomic E-state index is 0.799. The van der Waals surface area contributed by atoms with Gasteiger partial charge in [0, 0.05) is 0 Å². The van der Waals surface area contributed by atoms with Crippen molar-refractivity contribution >= 4 is 0 Å². The molecule has 0 amide bonds. The van der Waals surface area contributed by atoms with Crippen LogP contribution in [0.5, 0.6) is 0 Å². The van der Waals surface area contributed by atoms with Gasteiger partial charge in [0.1, 0.15) is 0 Å². The first-order chi connectivity index (χ1) is 10.7. The predicted octanol–water partition coefficient (Wildman–Crippen LogP) is 7.51. The first-order valence-corrected chi connectivity index (χ1v) is 10.7. The Morgan fingerprint density at radius 3 is 1.91 bits per heavy atom. The van der Waals surface area contributed by atoms with Gasteiger partial charge < -0.3 is 0 Å². The molecule has 0 heteroatoms. The van der Waals surface area contributed by atoms with E-state index in [0.29, 0.717) is 0 Å². The van der Waals surface area contributed by atoms with Crippen molar-refractivity contribution in [2.45, 2.75) is 117 Å². The first-order valence-electron chi connectivity index (χ1n) is 10.7. The third-order valence-electron chi connectivity index (χ3n) is 8.17. The van der Waals surface area contributed by atoms with E-state index < -0.39 is 0 Å². The van der Waals surface area contributed by atoms with Gasteiger partial charge in [-0.3, -0.25) is 0 Å². The molecule has 0 aromatic heterocycles. The second-order valence-corrected chi connectivity index (χ2v) is 9.33. The smallest absolute Gasteiger partial charge is 0.0269 e. The average Bonchev–Trinajstić information content (AvgIpc) is 2.57. The van der Waals surface area contributed by atoms with E-state index in [-0.39, 0.29) is 0 Å². The molecule has 4 aliphatic rings. The fourth-order valence-electron chi connectivity index (χ4n) is 6.56. The molecule has 4 fully saturated rings. The maximum atomic E-state index is 2.39. The van der Waals surface area contributed by atoms with Gasteiger partial charge in [-0.25, -0.2) is 0 Å². The molecule has 4 aliphatic carbocycles. The zero-order valence-electron chi connectivity index (χ0n) is 15.5. The van der Waals surface area contributed by atoms with E-state index in [9.17, 15) is 0 Å². The third-order valence-corrected chi connectivity index (χ3v) is 8.17. The van der Waals surface area contributed by atoms with Crippen molar-refractivity contribution in [3.8, 4) is 0 Å². The van der Waals surface area contributed by atoms with Gasteiger partial charge >= 0.3 is 0 Å². The molecule has 0 N–H and O–H groups in total. The summed E-state index contributed by atoms with van der Waals surface area (Å²) in [6, 6.07) is 0. The number of rotatable bonds is 7. The molecule has 0 atom stereocenters. The molecule has 0 saturated heterocycles. The lowest BCUT2D eigenvalue weighted by molar-refractivity contribution is -0.0649. The summed E-state index contributed by atoms with van der Waals surface area (Å²) >= 11 is 0. The van der Waals surface area contributed by atoms with Gasteiger partial charge in [-0.15, -0.1) is 0 Å². The van der Waals surface area contributed by atoms with Crippen LogP contribution in [0.4, 0.5) is 0 Å². The molecule has 2 bridgehead atoms. The highest BCUT2D eigenvalue weighted by Crippen LogP contribution is 2.63. The number of hydrogen-bond acceptors (Lipinski definition) is 0. The second-order valence-electron chi connectivity index (χ2n) is 9.33. The quantitative estimate of drug-likeness (QED) is 0.427. The maximum absolute atomic E-state index is 2.39. The van der Waals surface area contributed by atoms with Crippen molar-refractivity contribution in [2.24, 2.45) is 22.7 Å². The number of fused-ring (bicyclic) bond motifs is 3. The highest BCUT2D eigenvalue weighted by molar-refractivity contribution is 5.02. The predicted molar refractivity (Wildman–Crippen MR) is 97.1 cm³/mol. The van der Waals surface area contributed by atoms with Crippen LogP contribution in [-0.4, -0.2) is 0 Å². The Bertz CT molecular complexity index is 309. The van der Waals surface area contributed by atoms with Crippen molar-refractivity contribution < 1.29 is 0 Å². The van der Waals surface area contributed by atoms with E-state index in [4.69, 9.17) is 0 Å². The molecule has 0 aliphatic heterocycles. The maximum Gasteiger partial charge on any atom is -0.0269 e. The van der Waals surface area contributed by atoms with Crippen LogP contribution in [0.15, 0.2) is 0 Å². The first kappa shape index (κ1) is 16.8. The largest absolute Gasteiger partial charge is 0.0654 e. The Labute approximate surface area is 139 Å². The molecule has 22 heavy (non-hydrogen) atoms. The van der Waals surface area contributed by atoms with E-state index in [1.807, 2.05) is 0 Å². The lowest BCUT2D eigenvalue weighted by Gasteiger charge is -2.58. The molecule has 4 saturated carbocycles. The van der Waals surface area contributed by atoms with Crippen molar-refractivity contribution in [2.75, 3.05) is 0 Å². The normalized spacial score (nSPS) is 41.7. The molecule has 128 valence electrons. The van der Waals surface area contributed by atoms with Gasteiger partial charge in [0.2, 0.25) is 0 Å². The van der Waals surface area contributed by atoms with Gasteiger partial charge in [-0.05, 0) is 80.5 Å². The minimum atomic E-state index is 0.799. The Kier molecular flexibility index (Phi) is 5.56. The van der Waals surface area contributed by atoms with Gasteiger partial charge in [0.25, 0.3) is 0 Å². The summed E-state index contributed by atoms with van der Waals surface area (Å²) in [5, 5.41) is 0. The molecular formula is C22H40. The van der Waals surface area contributed by atoms with Gasteiger partial charge in [0.05, 0.1) is 0 Å². The van der Waals surface area contributed by atoms with Crippen molar-refractivity contribution in [3.05, 3.63) is 0 Å². The van der Waals surface area contributed by atoms with Crippen molar-refractivity contribution in [3.63, 3.8) is 0 Å². The molecule has 0 spiro atoms. The van der Waals surface area contributed by atoms with Gasteiger partial charge in [0.15, 0.2) is 0 Å². The van der Waals surface area contributed by atoms with Crippen LogP contribution in [0.1, 0.15) is 117 Å². The SMILES string of the molecule is CCCCCC1CCC(C23CCC(CCC)(CC2)CC3)CC1. The lowest BCUT2D eigenvalue weighted by Crippen LogP contribution is -2.46. The van der Waals surface area contributed by atoms with Crippen LogP contribution in [-0.2, 0) is 0 Å². The van der Waals surface area contributed by atoms with Crippen LogP contribution in [0.2, 0.25) is 0 Å². The minimum Gasteiger partial charge on any atom is -0.0654 e. The van der Waals surface area contributed by atoms with Crippen LogP contribution in [0.3, 0.4) is 0 Å². The van der Waals surface area contributed by atoms with E-state index in [2.05, 4.69) is 13.8 Å². The molecular weight excluding hydrogens is 264 g/mol. The standard InChI is InChI=1S/C22H40/c1-3-5-6-7-19-8-10-20(11-9-19)22-16-13-21(12-4-2,14-17-22)15-18-22/h19-20H,3-18H2,1-2H3. The number of hydrogen-bond donors (Lipinski definition) is 0. The van der Waals surface area contributed by atoms with Gasteiger partial charge in [-0.2, -0.15) is 0 Å². The highest BCUT2D eigenvalue weighted by atomic mass is 14.6. The fourth-order valence-corrected chi connectivity index (χ4v) is 6.56. The summed E-state index contributed by atoms with van der Waals surface area (Å²) in [7, 11) is 0. The Balaban J connectivity index is 1.48. The van der Waals surface area contributed by atoms with E-state index in [1.165, 1.54) is 38.5 Å². The summed E-state index contributed by atoms with van der Waals surface area (Å²) < 4.78 is 0. The summed E-state index contributed by atoms with van der Waals surface area (Å²) in [6.07, 6.45) is 24.6. The van der Waals surface area contributed by atoms with E-state index >= 15 is 0 Å². The molecule has 0 aromatic rings. The van der Waals surface area contributed by atoms with E-state index in [1.54, 1.807) is 64.2 Å². The summed E-state index contributed by atoms with van der Waals surface area (Å²) in [4.78, 5) is 0. The van der Waals surface area contributed by atoms with Crippen LogP contribution >= 0.6 is 0 Å². The zero-order valence-corrected chi connectivity index (χ0v) is 15.5. The topological polar surface area (TPSA) is 0 Å². The molecule has 4 rings (SSSR count). The Morgan fingerprint density at radius 1 is 0.727 bits per heavy atom. The summed E-state index contributed by atoms with van der Waals surface area (Å²) in [5.41, 5.74) is 1.61. The zero-order chi connectivity index (χ0) is 15.5. The lowest BCUT2D eigenvalue weighted by atomic mass is 9.47. The summed E-state index contributed by atoms with van der Waals surface area (Å²) in [6.45, 7) is 4.73. The molecule has 0 radical (unpaired) electrons. The van der Waals surface area contributed by atoms with Crippen molar-refractivity contribution in [1.82, 2.24) is 0 Å². The van der Waals surface area contributed by atoms with Crippen LogP contribution in [0, 0.1) is 22.7 Å². The molecule has 0 aromatic carbocycles. The van der Waals surface area contributed by atoms with Crippen molar-refractivity contribution in [1.29, 1.82) is 0 Å². The molecule has 0 heterocycles. The Morgan fingerprint density at radius 2 is 1.36 bits per heavy atom. The highest BCUT2D eigenvalue weighted by Gasteiger charge is 2.51. The van der Waals surface area contributed by atoms with Gasteiger partial charge in [-0.1, -0.05) is 58.8 Å². The Hall–Kier alpha value is 0. The molecule has 0 nitrogen and oxygen atoms in total. The average molecular weight is 305 g/mol. The number of unbranched alkanes of at least 4 members (excludes halogenated alkanes) is 2. The fraction of sp³-hybridized carbons (Fsp3) is 1.00. The van der Waals surface area contributed by atoms with Crippen LogP contribution < -0.4 is 0 Å². The van der Waals surface area contributed by atoms with Crippen LogP contribution in [0.25, 0.3) is 0 Å². The summed E-state index contributed by atoms with van der Waals surface area (Å²) in [5.74, 6) is 2.19. The third kappa shape index (κ3) is 3.41. The molecule has 0 unspecified atom stereocenters. The second kappa shape index (κ2) is 7.27. The monoisotopic (exact) mass is 304 g/mol. The van der Waals surface area contributed by atoms with E-state index in [0.717, 1.165) is 22.7 Å².